The van der Waals surface area contributed by atoms with Crippen molar-refractivity contribution in [3.8, 4) is 0 Å². The lowest BCUT2D eigenvalue weighted by Crippen LogP contribution is -2.29. The molecule has 1 aromatic rings. The molecule has 0 saturated heterocycles. The first-order valence-corrected chi connectivity index (χ1v) is 11.0. The van der Waals surface area contributed by atoms with Gasteiger partial charge in [-0.3, -0.25) is 4.79 Å². The summed E-state index contributed by atoms with van der Waals surface area (Å²) < 4.78 is 0. The van der Waals surface area contributed by atoms with Crippen LogP contribution in [0.3, 0.4) is 0 Å². The summed E-state index contributed by atoms with van der Waals surface area (Å²) in [6.45, 7) is 6.90. The molecule has 2 aliphatic carbocycles. The highest BCUT2D eigenvalue weighted by Crippen LogP contribution is 2.47. The van der Waals surface area contributed by atoms with E-state index in [0.29, 0.717) is 5.78 Å². The Kier molecular flexibility index (Phi) is 3.29. The zero-order valence-corrected chi connectivity index (χ0v) is 13.6. The highest BCUT2D eigenvalue weighted by molar-refractivity contribution is 6.88. The topological polar surface area (TPSA) is 17.1 Å². The first kappa shape index (κ1) is 13.6. The molecular weight excluding hydrogens is 260 g/mol. The standard InChI is InChI=1S/C18H22OSi/c1-20(2,3)18-15-12-8-7-11-14(15)16(17(18)19)13-9-5-4-6-10-13/h4-6,9-11,16H,7-8,12H2,1-3H3. The van der Waals surface area contributed by atoms with Crippen molar-refractivity contribution >= 4 is 13.9 Å². The van der Waals surface area contributed by atoms with Crippen molar-refractivity contribution in [1.82, 2.24) is 0 Å². The number of carbonyl (C=O) groups excluding carboxylic acids is 1. The Hall–Kier alpha value is -1.41. The van der Waals surface area contributed by atoms with Gasteiger partial charge in [0.2, 0.25) is 0 Å². The first-order chi connectivity index (χ1) is 9.50. The molecule has 0 amide bonds. The van der Waals surface area contributed by atoms with Gasteiger partial charge in [-0.15, -0.1) is 0 Å². The van der Waals surface area contributed by atoms with Crippen LogP contribution in [-0.2, 0) is 4.79 Å². The predicted molar refractivity (Wildman–Crippen MR) is 86.5 cm³/mol. The number of Topliss-reactive ketones (excluding diaryl/α,β-unsaturated/α-hetero) is 1. The van der Waals surface area contributed by atoms with E-state index in [4.69, 9.17) is 0 Å². The van der Waals surface area contributed by atoms with Crippen LogP contribution in [0.25, 0.3) is 0 Å². The minimum atomic E-state index is -1.58. The summed E-state index contributed by atoms with van der Waals surface area (Å²) in [5.41, 5.74) is 3.88. The molecule has 1 unspecified atom stereocenters. The molecule has 0 fully saturated rings. The maximum atomic E-state index is 13.1. The van der Waals surface area contributed by atoms with Gasteiger partial charge in [0.25, 0.3) is 0 Å². The van der Waals surface area contributed by atoms with E-state index in [1.54, 1.807) is 0 Å². The third-order valence-corrected chi connectivity index (χ3v) is 6.40. The molecule has 0 spiro atoms. The number of carbonyl (C=O) groups is 1. The molecule has 0 saturated carbocycles. The summed E-state index contributed by atoms with van der Waals surface area (Å²) in [6, 6.07) is 10.3. The van der Waals surface area contributed by atoms with Crippen LogP contribution >= 0.6 is 0 Å². The summed E-state index contributed by atoms with van der Waals surface area (Å²) in [7, 11) is -1.58. The van der Waals surface area contributed by atoms with Crippen LogP contribution in [0.1, 0.15) is 30.7 Å². The summed E-state index contributed by atoms with van der Waals surface area (Å²) in [6.07, 6.45) is 5.73. The third kappa shape index (κ3) is 2.12. The van der Waals surface area contributed by atoms with E-state index in [-0.39, 0.29) is 5.92 Å². The number of benzene rings is 1. The van der Waals surface area contributed by atoms with E-state index in [0.717, 1.165) is 18.4 Å². The lowest BCUT2D eigenvalue weighted by atomic mass is 9.85. The average molecular weight is 282 g/mol. The van der Waals surface area contributed by atoms with Crippen molar-refractivity contribution in [2.24, 2.45) is 0 Å². The second kappa shape index (κ2) is 4.85. The zero-order chi connectivity index (χ0) is 14.3. The molecule has 0 aromatic heterocycles. The Balaban J connectivity index is 2.14. The second-order valence-corrected chi connectivity index (χ2v) is 11.9. The van der Waals surface area contributed by atoms with Crippen LogP contribution in [0, 0.1) is 0 Å². The van der Waals surface area contributed by atoms with Gasteiger partial charge in [0.15, 0.2) is 5.78 Å². The molecule has 1 atom stereocenters. The molecule has 104 valence electrons. The van der Waals surface area contributed by atoms with Gasteiger partial charge in [-0.2, -0.15) is 0 Å². The Morgan fingerprint density at radius 1 is 1.10 bits per heavy atom. The molecule has 0 heterocycles. The minimum Gasteiger partial charge on any atom is -0.294 e. The fraction of sp³-hybridized carbons (Fsp3) is 0.389. The van der Waals surface area contributed by atoms with Gasteiger partial charge in [0.1, 0.15) is 0 Å². The lowest BCUT2D eigenvalue weighted by molar-refractivity contribution is -0.115. The Labute approximate surface area is 122 Å². The fourth-order valence-corrected chi connectivity index (χ4v) is 5.66. The van der Waals surface area contributed by atoms with Crippen molar-refractivity contribution in [3.63, 3.8) is 0 Å². The maximum absolute atomic E-state index is 13.1. The third-order valence-electron chi connectivity index (χ3n) is 4.35. The molecule has 0 aliphatic heterocycles. The van der Waals surface area contributed by atoms with Gasteiger partial charge in [-0.05, 0) is 41.2 Å². The summed E-state index contributed by atoms with van der Waals surface area (Å²) in [4.78, 5) is 13.1. The van der Waals surface area contributed by atoms with Gasteiger partial charge in [-0.25, -0.2) is 0 Å². The van der Waals surface area contributed by atoms with Crippen molar-refractivity contribution in [1.29, 1.82) is 0 Å². The molecule has 0 N–H and O–H groups in total. The molecule has 2 aliphatic rings. The van der Waals surface area contributed by atoms with Gasteiger partial charge in [-0.1, -0.05) is 56.0 Å². The zero-order valence-electron chi connectivity index (χ0n) is 12.6. The van der Waals surface area contributed by atoms with Gasteiger partial charge in [0.05, 0.1) is 14.0 Å². The Morgan fingerprint density at radius 2 is 1.80 bits per heavy atom. The molecule has 20 heavy (non-hydrogen) atoms. The summed E-state index contributed by atoms with van der Waals surface area (Å²) in [5.74, 6) is 0.367. The molecule has 2 heteroatoms. The molecule has 1 nitrogen and oxygen atoms in total. The van der Waals surface area contributed by atoms with E-state index < -0.39 is 8.07 Å². The molecule has 3 rings (SSSR count). The number of fused-ring (bicyclic) bond motifs is 1. The number of allylic oxidation sites excluding steroid dienone is 4. The smallest absolute Gasteiger partial charge is 0.167 e. The number of hydrogen-bond donors (Lipinski definition) is 0. The molecule has 1 aromatic carbocycles. The van der Waals surface area contributed by atoms with Crippen molar-refractivity contribution < 1.29 is 4.79 Å². The highest BCUT2D eigenvalue weighted by atomic mass is 28.3. The summed E-state index contributed by atoms with van der Waals surface area (Å²) >= 11 is 0. The number of rotatable bonds is 2. The first-order valence-electron chi connectivity index (χ1n) is 7.53. The molecule has 0 radical (unpaired) electrons. The average Bonchev–Trinajstić information content (AvgIpc) is 2.71. The van der Waals surface area contributed by atoms with Crippen LogP contribution in [0.2, 0.25) is 19.6 Å². The maximum Gasteiger partial charge on any atom is 0.167 e. The van der Waals surface area contributed by atoms with Crippen molar-refractivity contribution in [2.45, 2.75) is 44.8 Å². The quantitative estimate of drug-likeness (QED) is 0.722. The largest absolute Gasteiger partial charge is 0.294 e. The van der Waals surface area contributed by atoms with Crippen LogP contribution in [-0.4, -0.2) is 13.9 Å². The van der Waals surface area contributed by atoms with Crippen molar-refractivity contribution in [2.75, 3.05) is 0 Å². The highest BCUT2D eigenvalue weighted by Gasteiger charge is 2.43. The molecular formula is C18H22OSi. The van der Waals surface area contributed by atoms with Crippen molar-refractivity contribution in [3.05, 3.63) is 58.3 Å². The monoisotopic (exact) mass is 282 g/mol. The van der Waals surface area contributed by atoms with E-state index >= 15 is 0 Å². The SMILES string of the molecule is C[Si](C)(C)C1=C2CCCC=C2C(c2ccccc2)C1=O. The van der Waals surface area contributed by atoms with Gasteiger partial charge < -0.3 is 0 Å². The fourth-order valence-electron chi connectivity index (χ4n) is 3.60. The van der Waals surface area contributed by atoms with Crippen LogP contribution in [0.4, 0.5) is 0 Å². The number of hydrogen-bond acceptors (Lipinski definition) is 1. The van der Waals surface area contributed by atoms with E-state index in [2.05, 4.69) is 37.8 Å². The predicted octanol–water partition coefficient (Wildman–Crippen LogP) is 4.64. The van der Waals surface area contributed by atoms with E-state index in [1.165, 1.54) is 22.8 Å². The lowest BCUT2D eigenvalue weighted by Gasteiger charge is -2.20. The normalized spacial score (nSPS) is 22.9. The van der Waals surface area contributed by atoms with Crippen LogP contribution in [0.5, 0.6) is 0 Å². The van der Waals surface area contributed by atoms with Gasteiger partial charge in [0, 0.05) is 0 Å². The minimum absolute atomic E-state index is 0.0202. The molecule has 0 bridgehead atoms. The van der Waals surface area contributed by atoms with Crippen LogP contribution < -0.4 is 0 Å². The van der Waals surface area contributed by atoms with E-state index in [9.17, 15) is 4.79 Å². The Morgan fingerprint density at radius 3 is 2.45 bits per heavy atom. The van der Waals surface area contributed by atoms with E-state index in [1.807, 2.05) is 18.2 Å². The Bertz CT molecular complexity index is 602. The number of ketones is 1. The van der Waals surface area contributed by atoms with Gasteiger partial charge >= 0.3 is 0 Å². The van der Waals surface area contributed by atoms with Crippen LogP contribution in [0.15, 0.2) is 52.8 Å². The second-order valence-electron chi connectivity index (χ2n) is 6.86. The summed E-state index contributed by atoms with van der Waals surface area (Å²) in [5, 5.41) is 1.21.